The number of anilines is 2. The number of thioether (sulfide) groups is 1. The van der Waals surface area contributed by atoms with Gasteiger partial charge >= 0.3 is 0 Å². The molecule has 1 fully saturated rings. The van der Waals surface area contributed by atoms with E-state index >= 15 is 0 Å². The van der Waals surface area contributed by atoms with Crippen LogP contribution in [0.25, 0.3) is 11.1 Å². The molecule has 0 atom stereocenters. The van der Waals surface area contributed by atoms with Gasteiger partial charge in [0.25, 0.3) is 5.76 Å². The molecular weight excluding hydrogens is 354 g/mol. The van der Waals surface area contributed by atoms with Gasteiger partial charge in [-0.15, -0.1) is 0 Å². The fourth-order valence-electron chi connectivity index (χ4n) is 3.29. The summed E-state index contributed by atoms with van der Waals surface area (Å²) in [6.45, 7) is 1.43. The molecule has 2 aromatic carbocycles. The third-order valence-electron chi connectivity index (χ3n) is 4.45. The molecule has 3 nitrogen and oxygen atoms in total. The zero-order chi connectivity index (χ0) is 18.5. The van der Waals surface area contributed by atoms with Crippen molar-refractivity contribution >= 4 is 29.0 Å². The van der Waals surface area contributed by atoms with Crippen LogP contribution in [0.4, 0.5) is 20.2 Å². The van der Waals surface area contributed by atoms with Crippen LogP contribution in [0.1, 0.15) is 32.6 Å². The van der Waals surface area contributed by atoms with Crippen LogP contribution in [-0.2, 0) is 4.79 Å². The molecule has 0 spiro atoms. The average molecular weight is 376 g/mol. The maximum atomic E-state index is 12.7. The van der Waals surface area contributed by atoms with Crippen LogP contribution in [-0.4, -0.2) is 17.7 Å². The van der Waals surface area contributed by atoms with Gasteiger partial charge in [-0.05, 0) is 48.7 Å². The molecular formula is C20H22F2N2OS. The first-order valence-corrected chi connectivity index (χ1v) is 9.62. The van der Waals surface area contributed by atoms with Gasteiger partial charge in [0.15, 0.2) is 0 Å². The average Bonchev–Trinajstić information content (AvgIpc) is 3.09. The van der Waals surface area contributed by atoms with Gasteiger partial charge in [-0.1, -0.05) is 36.7 Å². The van der Waals surface area contributed by atoms with E-state index in [9.17, 15) is 13.6 Å². The van der Waals surface area contributed by atoms with Gasteiger partial charge in [0.2, 0.25) is 5.91 Å². The summed E-state index contributed by atoms with van der Waals surface area (Å²) >= 11 is 0.501. The minimum absolute atomic E-state index is 0.194. The molecule has 3 rings (SSSR count). The molecule has 6 heteroatoms. The van der Waals surface area contributed by atoms with Gasteiger partial charge in [-0.2, -0.15) is 8.78 Å². The highest BCUT2D eigenvalue weighted by atomic mass is 32.2. The molecule has 0 radical (unpaired) electrons. The van der Waals surface area contributed by atoms with Crippen molar-refractivity contribution < 1.29 is 13.6 Å². The molecule has 0 bridgehead atoms. The van der Waals surface area contributed by atoms with E-state index in [1.54, 1.807) is 18.2 Å². The van der Waals surface area contributed by atoms with Gasteiger partial charge < -0.3 is 10.6 Å². The van der Waals surface area contributed by atoms with Crippen molar-refractivity contribution in [2.45, 2.75) is 49.3 Å². The summed E-state index contributed by atoms with van der Waals surface area (Å²) < 4.78 is 25.4. The molecule has 1 saturated carbocycles. The minimum atomic E-state index is -2.48. The zero-order valence-electron chi connectivity index (χ0n) is 14.6. The molecule has 1 aliphatic rings. The summed E-state index contributed by atoms with van der Waals surface area (Å²) in [4.78, 5) is 11.9. The van der Waals surface area contributed by atoms with E-state index in [1.807, 2.05) is 24.3 Å². The summed E-state index contributed by atoms with van der Waals surface area (Å²) in [7, 11) is 0. The van der Waals surface area contributed by atoms with Gasteiger partial charge in [0, 0.05) is 34.8 Å². The van der Waals surface area contributed by atoms with Crippen molar-refractivity contribution in [3.63, 3.8) is 0 Å². The second-order valence-electron chi connectivity index (χ2n) is 6.47. The maximum absolute atomic E-state index is 12.7. The number of rotatable bonds is 6. The van der Waals surface area contributed by atoms with Crippen LogP contribution in [0.2, 0.25) is 0 Å². The molecule has 138 valence electrons. The summed E-state index contributed by atoms with van der Waals surface area (Å²) in [6.07, 6.45) is 4.93. The highest BCUT2D eigenvalue weighted by Crippen LogP contribution is 2.35. The quantitative estimate of drug-likeness (QED) is 0.609. The highest BCUT2D eigenvalue weighted by Gasteiger charge is 2.15. The molecule has 1 amide bonds. The molecule has 0 heterocycles. The Morgan fingerprint density at radius 2 is 1.81 bits per heavy atom. The topological polar surface area (TPSA) is 41.1 Å². The maximum Gasteiger partial charge on any atom is 0.288 e. The van der Waals surface area contributed by atoms with Crippen molar-refractivity contribution in [2.24, 2.45) is 0 Å². The SMILES string of the molecule is CC(=O)Nc1ccc(SC(F)F)cc1-c1ccc(NC2CCCC2)cc1. The second kappa shape index (κ2) is 8.54. The first-order valence-electron chi connectivity index (χ1n) is 8.74. The van der Waals surface area contributed by atoms with Crippen LogP contribution < -0.4 is 10.6 Å². The Morgan fingerprint density at radius 1 is 1.12 bits per heavy atom. The van der Waals surface area contributed by atoms with Gasteiger partial charge in [-0.3, -0.25) is 4.79 Å². The highest BCUT2D eigenvalue weighted by molar-refractivity contribution is 7.99. The number of nitrogens with one attached hydrogen (secondary N) is 2. The number of benzene rings is 2. The van der Waals surface area contributed by atoms with Crippen LogP contribution in [0.5, 0.6) is 0 Å². The second-order valence-corrected chi connectivity index (χ2v) is 7.53. The summed E-state index contributed by atoms with van der Waals surface area (Å²) in [5.41, 5.74) is 3.29. The lowest BCUT2D eigenvalue weighted by Crippen LogP contribution is -2.14. The van der Waals surface area contributed by atoms with Crippen LogP contribution in [0.3, 0.4) is 0 Å². The summed E-state index contributed by atoms with van der Waals surface area (Å²) in [6, 6.07) is 13.4. The normalized spacial score (nSPS) is 14.6. The molecule has 0 saturated heterocycles. The van der Waals surface area contributed by atoms with E-state index in [1.165, 1.54) is 32.6 Å². The first kappa shape index (κ1) is 18.7. The van der Waals surface area contributed by atoms with E-state index in [2.05, 4.69) is 10.6 Å². The Labute approximate surface area is 156 Å². The molecule has 0 unspecified atom stereocenters. The lowest BCUT2D eigenvalue weighted by molar-refractivity contribution is -0.114. The van der Waals surface area contributed by atoms with Crippen molar-refractivity contribution in [1.82, 2.24) is 0 Å². The Morgan fingerprint density at radius 3 is 2.42 bits per heavy atom. The molecule has 0 aliphatic heterocycles. The number of carbonyl (C=O) groups is 1. The minimum Gasteiger partial charge on any atom is -0.382 e. The van der Waals surface area contributed by atoms with Crippen LogP contribution >= 0.6 is 11.8 Å². The van der Waals surface area contributed by atoms with E-state index < -0.39 is 5.76 Å². The first-order chi connectivity index (χ1) is 12.5. The Kier molecular flexibility index (Phi) is 6.14. The van der Waals surface area contributed by atoms with Gasteiger partial charge in [0.05, 0.1) is 0 Å². The number of hydrogen-bond donors (Lipinski definition) is 2. The third-order valence-corrected chi connectivity index (χ3v) is 5.15. The fourth-order valence-corrected chi connectivity index (χ4v) is 3.83. The van der Waals surface area contributed by atoms with Crippen molar-refractivity contribution in [3.05, 3.63) is 42.5 Å². The number of carbonyl (C=O) groups excluding carboxylic acids is 1. The van der Waals surface area contributed by atoms with E-state index in [0.717, 1.165) is 16.8 Å². The fraction of sp³-hybridized carbons (Fsp3) is 0.350. The lowest BCUT2D eigenvalue weighted by Gasteiger charge is -2.15. The Balaban J connectivity index is 1.85. The number of alkyl halides is 2. The third kappa shape index (κ3) is 4.97. The molecule has 2 aromatic rings. The van der Waals surface area contributed by atoms with Crippen molar-refractivity contribution in [1.29, 1.82) is 0 Å². The summed E-state index contributed by atoms with van der Waals surface area (Å²) in [5.74, 6) is -2.67. The number of amides is 1. The van der Waals surface area contributed by atoms with E-state index in [-0.39, 0.29) is 5.91 Å². The number of halogens is 2. The standard InChI is InChI=1S/C20H22F2N2OS/c1-13(25)23-19-11-10-17(26-20(21)22)12-18(19)14-6-8-16(9-7-14)24-15-4-2-3-5-15/h6-12,15,20,24H,2-5H2,1H3,(H,23,25). The Hall–Kier alpha value is -2.08. The largest absolute Gasteiger partial charge is 0.382 e. The molecule has 26 heavy (non-hydrogen) atoms. The van der Waals surface area contributed by atoms with Gasteiger partial charge in [0.1, 0.15) is 0 Å². The van der Waals surface area contributed by atoms with Crippen molar-refractivity contribution in [2.75, 3.05) is 10.6 Å². The monoisotopic (exact) mass is 376 g/mol. The molecule has 1 aliphatic carbocycles. The van der Waals surface area contributed by atoms with Gasteiger partial charge in [-0.25, -0.2) is 0 Å². The predicted molar refractivity (Wildman–Crippen MR) is 104 cm³/mol. The summed E-state index contributed by atoms with van der Waals surface area (Å²) in [5, 5.41) is 6.31. The van der Waals surface area contributed by atoms with E-state index in [0.29, 0.717) is 28.4 Å². The smallest absolute Gasteiger partial charge is 0.288 e. The lowest BCUT2D eigenvalue weighted by atomic mass is 10.0. The molecule has 2 N–H and O–H groups in total. The van der Waals surface area contributed by atoms with Crippen LogP contribution in [0, 0.1) is 0 Å². The zero-order valence-corrected chi connectivity index (χ0v) is 15.4. The van der Waals surface area contributed by atoms with Crippen LogP contribution in [0.15, 0.2) is 47.4 Å². The predicted octanol–water partition coefficient (Wildman–Crippen LogP) is 5.98. The number of hydrogen-bond acceptors (Lipinski definition) is 3. The van der Waals surface area contributed by atoms with Crippen molar-refractivity contribution in [3.8, 4) is 11.1 Å². The Bertz CT molecular complexity index is 759. The molecule has 0 aromatic heterocycles. The van der Waals surface area contributed by atoms with E-state index in [4.69, 9.17) is 0 Å².